The number of hydrogen-bond acceptors (Lipinski definition) is 5. The van der Waals surface area contributed by atoms with Gasteiger partial charge in [-0.3, -0.25) is 9.59 Å². The molecule has 1 saturated heterocycles. The maximum absolute atomic E-state index is 13.8. The van der Waals surface area contributed by atoms with E-state index in [1.807, 2.05) is 55.5 Å². The van der Waals surface area contributed by atoms with Gasteiger partial charge in [0, 0.05) is 29.9 Å². The number of fused-ring (bicyclic) bond motifs is 1. The lowest BCUT2D eigenvalue weighted by Crippen LogP contribution is -2.40. The molecular weight excluding hydrogens is 478 g/mol. The lowest BCUT2D eigenvalue weighted by molar-refractivity contribution is -0.117. The molecule has 1 N–H and O–H groups in total. The number of nitrogens with zero attached hydrogens (tertiary/aromatic N) is 2. The number of nitrogens with one attached hydrogen (secondary N) is 1. The van der Waals surface area contributed by atoms with E-state index in [1.165, 1.54) is 28.6 Å². The minimum Gasteiger partial charge on any atom is -0.379 e. The summed E-state index contributed by atoms with van der Waals surface area (Å²) in [5.74, 6) is -0.651. The Morgan fingerprint density at radius 3 is 2.36 bits per heavy atom. The summed E-state index contributed by atoms with van der Waals surface area (Å²) in [5.41, 5.74) is 3.69. The predicted octanol–water partition coefficient (Wildman–Crippen LogP) is 3.20. The van der Waals surface area contributed by atoms with Crippen LogP contribution < -0.4 is 5.32 Å². The van der Waals surface area contributed by atoms with Crippen LogP contribution in [0.15, 0.2) is 77.7 Å². The summed E-state index contributed by atoms with van der Waals surface area (Å²) in [7, 11) is -3.68. The Bertz CT molecular complexity index is 1380. The third-order valence-corrected chi connectivity index (χ3v) is 8.40. The highest BCUT2D eigenvalue weighted by atomic mass is 32.2. The number of carbonyl (C=O) groups excluding carboxylic acids is 2. The summed E-state index contributed by atoms with van der Waals surface area (Å²) in [5, 5.41) is 2.92. The standard InChI is InChI=1S/C27H27N3O5S/c1-19-7-12-24-23(17-19)26(20-5-3-2-4-6-20)30(18-25(31)28-24)27(32)21-8-10-22(11-9-21)36(33,34)29-13-15-35-16-14-29/h2-12,17,26H,13-16,18H2,1H3,(H,28,31). The van der Waals surface area contributed by atoms with Crippen molar-refractivity contribution >= 4 is 27.5 Å². The zero-order chi connectivity index (χ0) is 25.3. The second kappa shape index (κ2) is 9.85. The van der Waals surface area contributed by atoms with Crippen molar-refractivity contribution in [1.29, 1.82) is 0 Å². The Hall–Kier alpha value is -3.53. The number of aryl methyl sites for hydroxylation is 1. The lowest BCUT2D eigenvalue weighted by Gasteiger charge is -2.31. The van der Waals surface area contributed by atoms with Crippen LogP contribution in [0.3, 0.4) is 0 Å². The van der Waals surface area contributed by atoms with Crippen molar-refractivity contribution in [1.82, 2.24) is 9.21 Å². The number of amides is 2. The topological polar surface area (TPSA) is 96.0 Å². The van der Waals surface area contributed by atoms with Crippen molar-refractivity contribution < 1.29 is 22.7 Å². The molecule has 8 nitrogen and oxygen atoms in total. The quantitative estimate of drug-likeness (QED) is 0.588. The number of hydrogen-bond donors (Lipinski definition) is 1. The van der Waals surface area contributed by atoms with Gasteiger partial charge >= 0.3 is 0 Å². The van der Waals surface area contributed by atoms with Gasteiger partial charge in [-0.05, 0) is 42.8 Å². The second-order valence-corrected chi connectivity index (χ2v) is 10.9. The molecule has 1 fully saturated rings. The van der Waals surface area contributed by atoms with E-state index in [1.54, 1.807) is 4.90 Å². The Morgan fingerprint density at radius 2 is 1.67 bits per heavy atom. The number of morpholine rings is 1. The van der Waals surface area contributed by atoms with Crippen LogP contribution >= 0.6 is 0 Å². The van der Waals surface area contributed by atoms with Crippen molar-refractivity contribution in [2.24, 2.45) is 0 Å². The lowest BCUT2D eigenvalue weighted by atomic mass is 9.94. The van der Waals surface area contributed by atoms with Gasteiger partial charge in [-0.2, -0.15) is 4.31 Å². The van der Waals surface area contributed by atoms with E-state index in [0.717, 1.165) is 16.7 Å². The maximum Gasteiger partial charge on any atom is 0.255 e. The molecule has 2 heterocycles. The molecule has 0 spiro atoms. The smallest absolute Gasteiger partial charge is 0.255 e. The molecule has 5 rings (SSSR count). The third-order valence-electron chi connectivity index (χ3n) is 6.49. The van der Waals surface area contributed by atoms with Gasteiger partial charge in [-0.15, -0.1) is 0 Å². The minimum atomic E-state index is -3.68. The highest BCUT2D eigenvalue weighted by Gasteiger charge is 2.34. The Balaban J connectivity index is 1.52. The molecule has 1 unspecified atom stereocenters. The normalized spacial score (nSPS) is 18.8. The molecule has 0 saturated carbocycles. The third kappa shape index (κ3) is 4.65. The van der Waals surface area contributed by atoms with Gasteiger partial charge in [0.15, 0.2) is 0 Å². The van der Waals surface area contributed by atoms with Gasteiger partial charge in [0.1, 0.15) is 6.54 Å². The molecule has 0 radical (unpaired) electrons. The van der Waals surface area contributed by atoms with Crippen LogP contribution in [0.2, 0.25) is 0 Å². The molecule has 186 valence electrons. The summed E-state index contributed by atoms with van der Waals surface area (Å²) in [4.78, 5) is 28.3. The van der Waals surface area contributed by atoms with E-state index in [0.29, 0.717) is 37.6 Å². The summed E-state index contributed by atoms with van der Waals surface area (Å²) >= 11 is 0. The number of ether oxygens (including phenoxy) is 1. The molecule has 2 aliphatic heterocycles. The summed E-state index contributed by atoms with van der Waals surface area (Å²) in [6.07, 6.45) is 0. The first kappa shape index (κ1) is 24.2. The second-order valence-electron chi connectivity index (χ2n) is 8.93. The molecule has 0 bridgehead atoms. The van der Waals surface area contributed by atoms with Crippen molar-refractivity contribution in [3.05, 3.63) is 95.1 Å². The van der Waals surface area contributed by atoms with Gasteiger partial charge in [-0.1, -0.05) is 48.0 Å². The van der Waals surface area contributed by atoms with E-state index in [4.69, 9.17) is 4.74 Å². The van der Waals surface area contributed by atoms with Gasteiger partial charge < -0.3 is 15.0 Å². The molecular formula is C27H27N3O5S. The average molecular weight is 506 g/mol. The van der Waals surface area contributed by atoms with E-state index < -0.39 is 16.1 Å². The first-order valence-corrected chi connectivity index (χ1v) is 13.2. The molecule has 2 aliphatic rings. The fourth-order valence-corrected chi connectivity index (χ4v) is 6.09. The molecule has 9 heteroatoms. The molecule has 0 aliphatic carbocycles. The fourth-order valence-electron chi connectivity index (χ4n) is 4.68. The largest absolute Gasteiger partial charge is 0.379 e. The zero-order valence-electron chi connectivity index (χ0n) is 19.9. The van der Waals surface area contributed by atoms with Gasteiger partial charge in [0.25, 0.3) is 5.91 Å². The number of benzene rings is 3. The number of carbonyl (C=O) groups is 2. The van der Waals surface area contributed by atoms with Crippen LogP contribution in [0.25, 0.3) is 0 Å². The summed E-state index contributed by atoms with van der Waals surface area (Å²) in [6, 6.07) is 20.8. The van der Waals surface area contributed by atoms with Crippen molar-refractivity contribution in [3.8, 4) is 0 Å². The first-order chi connectivity index (χ1) is 17.3. The molecule has 36 heavy (non-hydrogen) atoms. The highest BCUT2D eigenvalue weighted by molar-refractivity contribution is 7.89. The summed E-state index contributed by atoms with van der Waals surface area (Å²) in [6.45, 7) is 3.13. The van der Waals surface area contributed by atoms with E-state index in [-0.39, 0.29) is 23.3 Å². The molecule has 0 aromatic heterocycles. The van der Waals surface area contributed by atoms with Crippen LogP contribution in [0.4, 0.5) is 5.69 Å². The molecule has 3 aromatic carbocycles. The van der Waals surface area contributed by atoms with E-state index >= 15 is 0 Å². The maximum atomic E-state index is 13.8. The first-order valence-electron chi connectivity index (χ1n) is 11.8. The highest BCUT2D eigenvalue weighted by Crippen LogP contribution is 2.37. The van der Waals surface area contributed by atoms with Crippen molar-refractivity contribution in [2.75, 3.05) is 38.2 Å². The number of sulfonamides is 1. The SMILES string of the molecule is Cc1ccc2c(c1)C(c1ccccc1)N(C(=O)c1ccc(S(=O)(=O)N3CCOCC3)cc1)CC(=O)N2. The van der Waals surface area contributed by atoms with E-state index in [9.17, 15) is 18.0 Å². The molecule has 2 amide bonds. The Kier molecular flexibility index (Phi) is 6.61. The zero-order valence-corrected chi connectivity index (χ0v) is 20.7. The number of rotatable bonds is 4. The molecule has 1 atom stereocenters. The average Bonchev–Trinajstić information content (AvgIpc) is 3.05. The summed E-state index contributed by atoms with van der Waals surface area (Å²) < 4.78 is 32.6. The van der Waals surface area contributed by atoms with Crippen LogP contribution in [-0.2, 0) is 19.6 Å². The van der Waals surface area contributed by atoms with Gasteiger partial charge in [-0.25, -0.2) is 8.42 Å². The van der Waals surface area contributed by atoms with Crippen LogP contribution in [-0.4, -0.2) is 62.3 Å². The fraction of sp³-hybridized carbons (Fsp3) is 0.259. The van der Waals surface area contributed by atoms with Crippen LogP contribution in [0, 0.1) is 6.92 Å². The monoisotopic (exact) mass is 505 g/mol. The molecule has 3 aromatic rings. The van der Waals surface area contributed by atoms with Crippen molar-refractivity contribution in [3.63, 3.8) is 0 Å². The predicted molar refractivity (Wildman–Crippen MR) is 135 cm³/mol. The number of anilines is 1. The minimum absolute atomic E-state index is 0.120. The Morgan fingerprint density at radius 1 is 0.972 bits per heavy atom. The van der Waals surface area contributed by atoms with Crippen LogP contribution in [0.1, 0.15) is 33.1 Å². The van der Waals surface area contributed by atoms with Crippen molar-refractivity contribution in [2.45, 2.75) is 17.9 Å². The van der Waals surface area contributed by atoms with Gasteiger partial charge in [0.2, 0.25) is 15.9 Å². The van der Waals surface area contributed by atoms with E-state index in [2.05, 4.69) is 5.32 Å². The van der Waals surface area contributed by atoms with Gasteiger partial charge in [0.05, 0.1) is 24.2 Å². The van der Waals surface area contributed by atoms with Crippen LogP contribution in [0.5, 0.6) is 0 Å². The Labute approximate surface area is 210 Å².